The van der Waals surface area contributed by atoms with E-state index in [-0.39, 0.29) is 22.6 Å². The largest absolute Gasteiger partial charge is 0.416 e. The molecule has 0 unspecified atom stereocenters. The zero-order valence-electron chi connectivity index (χ0n) is 10.4. The second kappa shape index (κ2) is 5.17. The number of nitrogens with zero attached hydrogens (tertiary/aromatic N) is 3. The monoisotopic (exact) mass is 278 g/mol. The van der Waals surface area contributed by atoms with E-state index in [9.17, 15) is 13.2 Å². The zero-order valence-corrected chi connectivity index (χ0v) is 10.4. The number of halogens is 3. The Kier molecular flexibility index (Phi) is 3.57. The summed E-state index contributed by atoms with van der Waals surface area (Å²) >= 11 is 0. The van der Waals surface area contributed by atoms with Gasteiger partial charge >= 0.3 is 6.18 Å². The van der Waals surface area contributed by atoms with Gasteiger partial charge in [0.05, 0.1) is 17.3 Å². The Hall–Kier alpha value is -2.62. The zero-order chi connectivity index (χ0) is 14.8. The van der Waals surface area contributed by atoms with Crippen molar-refractivity contribution in [2.45, 2.75) is 13.1 Å². The molecule has 0 bridgehead atoms. The van der Waals surface area contributed by atoms with Crippen LogP contribution in [0.3, 0.4) is 0 Å². The molecule has 1 aromatic heterocycles. The molecule has 4 nitrogen and oxygen atoms in total. The Morgan fingerprint density at radius 2 is 2.00 bits per heavy atom. The lowest BCUT2D eigenvalue weighted by molar-refractivity contribution is -0.138. The third-order valence-corrected chi connectivity index (χ3v) is 2.65. The first-order chi connectivity index (χ1) is 9.41. The van der Waals surface area contributed by atoms with Crippen LogP contribution in [0.4, 0.5) is 24.7 Å². The Morgan fingerprint density at radius 1 is 1.25 bits per heavy atom. The van der Waals surface area contributed by atoms with E-state index in [1.165, 1.54) is 31.3 Å². The van der Waals surface area contributed by atoms with Gasteiger partial charge in [-0.15, -0.1) is 5.10 Å². The maximum absolute atomic E-state index is 12.8. The molecule has 0 aliphatic heterocycles. The normalized spacial score (nSPS) is 10.9. The van der Waals surface area contributed by atoms with E-state index in [1.807, 2.05) is 6.07 Å². The van der Waals surface area contributed by atoms with Gasteiger partial charge in [-0.2, -0.15) is 23.5 Å². The van der Waals surface area contributed by atoms with Gasteiger partial charge in [-0.1, -0.05) is 6.07 Å². The summed E-state index contributed by atoms with van der Waals surface area (Å²) in [5.41, 5.74) is -0.207. The molecular weight excluding hydrogens is 269 g/mol. The van der Waals surface area contributed by atoms with Crippen LogP contribution in [0.1, 0.15) is 16.7 Å². The first kappa shape index (κ1) is 13.8. The van der Waals surface area contributed by atoms with Gasteiger partial charge in [-0.25, -0.2) is 0 Å². The molecule has 0 aliphatic rings. The van der Waals surface area contributed by atoms with Crippen LogP contribution in [0.15, 0.2) is 30.5 Å². The number of benzene rings is 1. The summed E-state index contributed by atoms with van der Waals surface area (Å²) in [4.78, 5) is 0. The fraction of sp³-hybridized carbons (Fsp3) is 0.154. The van der Waals surface area contributed by atoms with Gasteiger partial charge in [0.1, 0.15) is 6.07 Å². The SMILES string of the molecule is Cc1ccc(Nc2nnccc2C#N)cc1C(F)(F)F. The van der Waals surface area contributed by atoms with E-state index in [0.717, 1.165) is 6.07 Å². The molecule has 1 heterocycles. The van der Waals surface area contributed by atoms with Crippen molar-refractivity contribution in [2.24, 2.45) is 0 Å². The van der Waals surface area contributed by atoms with Gasteiger partial charge in [-0.05, 0) is 30.7 Å². The Labute approximate surface area is 112 Å². The first-order valence-corrected chi connectivity index (χ1v) is 5.58. The van der Waals surface area contributed by atoms with E-state index in [1.54, 1.807) is 0 Å². The summed E-state index contributed by atoms with van der Waals surface area (Å²) in [6.07, 6.45) is -3.10. The quantitative estimate of drug-likeness (QED) is 0.914. The van der Waals surface area contributed by atoms with Crippen molar-refractivity contribution in [3.8, 4) is 6.07 Å². The Balaban J connectivity index is 2.38. The highest BCUT2D eigenvalue weighted by Crippen LogP contribution is 2.34. The molecule has 0 spiro atoms. The lowest BCUT2D eigenvalue weighted by Gasteiger charge is -2.13. The number of alkyl halides is 3. The molecule has 0 fully saturated rings. The molecule has 0 radical (unpaired) electrons. The average Bonchev–Trinajstić information content (AvgIpc) is 2.40. The number of anilines is 2. The van der Waals surface area contributed by atoms with Crippen LogP contribution >= 0.6 is 0 Å². The highest BCUT2D eigenvalue weighted by Gasteiger charge is 2.32. The van der Waals surface area contributed by atoms with Crippen molar-refractivity contribution in [2.75, 3.05) is 5.32 Å². The minimum absolute atomic E-state index is 0.118. The molecule has 0 saturated carbocycles. The fourth-order valence-corrected chi connectivity index (χ4v) is 1.66. The molecule has 102 valence electrons. The van der Waals surface area contributed by atoms with Gasteiger partial charge in [-0.3, -0.25) is 0 Å². The number of aromatic nitrogens is 2. The molecule has 0 amide bonds. The number of nitriles is 1. The molecule has 2 rings (SSSR count). The van der Waals surface area contributed by atoms with E-state index in [2.05, 4.69) is 15.5 Å². The number of hydrogen-bond donors (Lipinski definition) is 1. The van der Waals surface area contributed by atoms with Gasteiger partial charge in [0, 0.05) is 5.69 Å². The summed E-state index contributed by atoms with van der Waals surface area (Å²) in [5, 5.41) is 18.8. The summed E-state index contributed by atoms with van der Waals surface area (Å²) < 4.78 is 38.4. The third kappa shape index (κ3) is 2.85. The smallest absolute Gasteiger partial charge is 0.338 e. The van der Waals surface area contributed by atoms with Crippen molar-refractivity contribution >= 4 is 11.5 Å². The topological polar surface area (TPSA) is 61.6 Å². The van der Waals surface area contributed by atoms with Crippen molar-refractivity contribution < 1.29 is 13.2 Å². The van der Waals surface area contributed by atoms with Crippen molar-refractivity contribution in [3.05, 3.63) is 47.2 Å². The van der Waals surface area contributed by atoms with Crippen LogP contribution in [0.5, 0.6) is 0 Å². The molecule has 0 atom stereocenters. The second-order valence-electron chi connectivity index (χ2n) is 4.06. The van der Waals surface area contributed by atoms with Crippen molar-refractivity contribution in [1.29, 1.82) is 5.26 Å². The van der Waals surface area contributed by atoms with E-state index >= 15 is 0 Å². The maximum atomic E-state index is 12.8. The molecular formula is C13H9F3N4. The Morgan fingerprint density at radius 3 is 2.65 bits per heavy atom. The van der Waals surface area contributed by atoms with E-state index in [0.29, 0.717) is 0 Å². The molecule has 1 N–H and O–H groups in total. The maximum Gasteiger partial charge on any atom is 0.416 e. The summed E-state index contributed by atoms with van der Waals surface area (Å²) in [6.45, 7) is 1.38. The second-order valence-corrected chi connectivity index (χ2v) is 4.06. The van der Waals surface area contributed by atoms with Crippen LogP contribution in [-0.2, 0) is 6.18 Å². The standard InChI is InChI=1S/C13H9F3N4/c1-8-2-3-10(6-11(8)13(14,15)16)19-12-9(7-17)4-5-18-20-12/h2-6H,1H3,(H,19,20). The van der Waals surface area contributed by atoms with Crippen LogP contribution in [-0.4, -0.2) is 10.2 Å². The predicted molar refractivity (Wildman–Crippen MR) is 66.2 cm³/mol. The van der Waals surface area contributed by atoms with Crippen LogP contribution < -0.4 is 5.32 Å². The molecule has 1 aromatic carbocycles. The van der Waals surface area contributed by atoms with Crippen LogP contribution in [0.2, 0.25) is 0 Å². The van der Waals surface area contributed by atoms with Gasteiger partial charge in [0.25, 0.3) is 0 Å². The summed E-state index contributed by atoms with van der Waals surface area (Å²) in [6, 6.07) is 7.13. The Bertz CT molecular complexity index is 674. The number of rotatable bonds is 2. The third-order valence-electron chi connectivity index (χ3n) is 2.65. The molecule has 2 aromatic rings. The lowest BCUT2D eigenvalue weighted by Crippen LogP contribution is -2.08. The molecule has 20 heavy (non-hydrogen) atoms. The van der Waals surface area contributed by atoms with Gasteiger partial charge in [0.15, 0.2) is 5.82 Å². The van der Waals surface area contributed by atoms with Crippen LogP contribution in [0, 0.1) is 18.3 Å². The highest BCUT2D eigenvalue weighted by atomic mass is 19.4. The van der Waals surface area contributed by atoms with Crippen molar-refractivity contribution in [3.63, 3.8) is 0 Å². The van der Waals surface area contributed by atoms with Crippen LogP contribution in [0.25, 0.3) is 0 Å². The molecule has 7 heteroatoms. The van der Waals surface area contributed by atoms with E-state index in [4.69, 9.17) is 5.26 Å². The molecule has 0 aliphatic carbocycles. The predicted octanol–water partition coefficient (Wildman–Crippen LogP) is 3.42. The first-order valence-electron chi connectivity index (χ1n) is 5.58. The summed E-state index contributed by atoms with van der Waals surface area (Å²) in [5.74, 6) is 0.118. The van der Waals surface area contributed by atoms with E-state index < -0.39 is 11.7 Å². The van der Waals surface area contributed by atoms with Crippen molar-refractivity contribution in [1.82, 2.24) is 10.2 Å². The average molecular weight is 278 g/mol. The summed E-state index contributed by atoms with van der Waals surface area (Å²) in [7, 11) is 0. The highest BCUT2D eigenvalue weighted by molar-refractivity contribution is 5.63. The molecule has 0 saturated heterocycles. The minimum atomic E-state index is -4.43. The van der Waals surface area contributed by atoms with Gasteiger partial charge < -0.3 is 5.32 Å². The fourth-order valence-electron chi connectivity index (χ4n) is 1.66. The number of aryl methyl sites for hydroxylation is 1. The lowest BCUT2D eigenvalue weighted by atomic mass is 10.1. The number of hydrogen-bond acceptors (Lipinski definition) is 4. The van der Waals surface area contributed by atoms with Gasteiger partial charge in [0.2, 0.25) is 0 Å². The number of nitrogens with one attached hydrogen (secondary N) is 1. The minimum Gasteiger partial charge on any atom is -0.338 e.